The Labute approximate surface area is 162 Å². The number of esters is 1. The summed E-state index contributed by atoms with van der Waals surface area (Å²) in [6.07, 6.45) is -0.171. The van der Waals surface area contributed by atoms with Gasteiger partial charge in [-0.25, -0.2) is 4.89 Å². The summed E-state index contributed by atoms with van der Waals surface area (Å²) >= 11 is 0. The van der Waals surface area contributed by atoms with Gasteiger partial charge in [0.1, 0.15) is 0 Å². The summed E-state index contributed by atoms with van der Waals surface area (Å²) in [5.41, 5.74) is -1.88. The molecule has 2 saturated heterocycles. The maximum Gasteiger partial charge on any atom is 0.327 e. The summed E-state index contributed by atoms with van der Waals surface area (Å²) < 4.78 is 5.19. The second-order valence-electron chi connectivity index (χ2n) is 7.00. The lowest BCUT2D eigenvalue weighted by atomic mass is 9.67. The number of rotatable bonds is 4. The molecule has 146 valence electrons. The van der Waals surface area contributed by atoms with Crippen molar-refractivity contribution < 1.29 is 29.2 Å². The van der Waals surface area contributed by atoms with Crippen LogP contribution in [-0.4, -0.2) is 35.9 Å². The molecule has 0 spiro atoms. The Morgan fingerprint density at radius 3 is 2.18 bits per heavy atom. The van der Waals surface area contributed by atoms with Gasteiger partial charge in [0.25, 0.3) is 0 Å². The van der Waals surface area contributed by atoms with E-state index in [1.54, 1.807) is 6.92 Å². The van der Waals surface area contributed by atoms with Crippen molar-refractivity contribution in [1.82, 2.24) is 5.32 Å². The minimum Gasteiger partial charge on any atom is -0.465 e. The zero-order valence-corrected chi connectivity index (χ0v) is 15.4. The maximum atomic E-state index is 13.0. The molecule has 0 aromatic heterocycles. The Bertz CT molecular complexity index is 847. The molecule has 0 saturated carbocycles. The molecule has 2 N–H and O–H groups in total. The van der Waals surface area contributed by atoms with Gasteiger partial charge < -0.3 is 15.2 Å². The van der Waals surface area contributed by atoms with Crippen LogP contribution in [0.4, 0.5) is 0 Å². The van der Waals surface area contributed by atoms with E-state index in [2.05, 4.69) is 5.32 Å². The van der Waals surface area contributed by atoms with Gasteiger partial charge in [0.2, 0.25) is 17.1 Å². The molecule has 1 amide bonds. The molecule has 0 radical (unpaired) electrons. The van der Waals surface area contributed by atoms with Gasteiger partial charge in [0.15, 0.2) is 5.60 Å². The number of hydrogen-bond acceptors (Lipinski definition) is 6. The molecule has 4 rings (SSSR count). The average molecular weight is 383 g/mol. The van der Waals surface area contributed by atoms with Crippen LogP contribution >= 0.6 is 0 Å². The maximum absolute atomic E-state index is 13.0. The van der Waals surface area contributed by atoms with Crippen molar-refractivity contribution >= 4 is 11.9 Å². The number of carbonyl (C=O) groups is 2. The first-order chi connectivity index (χ1) is 13.5. The SMILES string of the molecule is CCOC(=O)[C@]12CC(c3ccccc3)(c3ccccc3)OO[C@@]1(O)CNC2=O. The molecule has 28 heavy (non-hydrogen) atoms. The van der Waals surface area contributed by atoms with Gasteiger partial charge in [-0.1, -0.05) is 60.7 Å². The molecule has 2 aromatic rings. The fourth-order valence-corrected chi connectivity index (χ4v) is 4.00. The van der Waals surface area contributed by atoms with Gasteiger partial charge in [-0.15, -0.1) is 0 Å². The first-order valence-electron chi connectivity index (χ1n) is 9.14. The molecule has 0 aliphatic carbocycles. The molecule has 7 heteroatoms. The van der Waals surface area contributed by atoms with Crippen molar-refractivity contribution in [2.75, 3.05) is 13.2 Å². The Kier molecular flexibility index (Phi) is 4.45. The first-order valence-corrected chi connectivity index (χ1v) is 9.14. The van der Waals surface area contributed by atoms with E-state index >= 15 is 0 Å². The monoisotopic (exact) mass is 383 g/mol. The largest absolute Gasteiger partial charge is 0.465 e. The highest BCUT2D eigenvalue weighted by molar-refractivity contribution is 6.06. The van der Waals surface area contributed by atoms with Crippen molar-refractivity contribution in [3.8, 4) is 0 Å². The lowest BCUT2D eigenvalue weighted by molar-refractivity contribution is -0.497. The third-order valence-electron chi connectivity index (χ3n) is 5.48. The van der Waals surface area contributed by atoms with Crippen molar-refractivity contribution in [3.63, 3.8) is 0 Å². The number of fused-ring (bicyclic) bond motifs is 1. The molecular weight excluding hydrogens is 362 g/mol. The van der Waals surface area contributed by atoms with Crippen LogP contribution in [0, 0.1) is 5.41 Å². The number of hydrogen-bond donors (Lipinski definition) is 2. The number of ether oxygens (including phenoxy) is 1. The number of nitrogens with one attached hydrogen (secondary N) is 1. The highest BCUT2D eigenvalue weighted by Crippen LogP contribution is 2.55. The Hall–Kier alpha value is -2.74. The average Bonchev–Trinajstić information content (AvgIpc) is 3.00. The second-order valence-corrected chi connectivity index (χ2v) is 7.00. The van der Waals surface area contributed by atoms with Crippen molar-refractivity contribution in [3.05, 3.63) is 71.8 Å². The minimum absolute atomic E-state index is 0.0640. The minimum atomic E-state index is -2.16. The van der Waals surface area contributed by atoms with Crippen molar-refractivity contribution in [2.24, 2.45) is 5.41 Å². The number of carbonyl (C=O) groups excluding carboxylic acids is 2. The van der Waals surface area contributed by atoms with Crippen LogP contribution in [0.15, 0.2) is 60.7 Å². The zero-order chi connectivity index (χ0) is 19.8. The lowest BCUT2D eigenvalue weighted by Gasteiger charge is -2.48. The molecule has 2 aliphatic rings. The summed E-state index contributed by atoms with van der Waals surface area (Å²) in [5.74, 6) is -3.65. The quantitative estimate of drug-likeness (QED) is 0.474. The van der Waals surface area contributed by atoms with Gasteiger partial charge in [0.05, 0.1) is 13.2 Å². The van der Waals surface area contributed by atoms with E-state index in [4.69, 9.17) is 14.5 Å². The van der Waals surface area contributed by atoms with E-state index in [1.807, 2.05) is 60.7 Å². The number of β-amino-alcohol motifs (C(OH)–C–C–N with tert-alkyl or cyclic N) is 1. The normalized spacial score (nSPS) is 28.3. The molecule has 2 heterocycles. The van der Waals surface area contributed by atoms with E-state index in [-0.39, 0.29) is 19.6 Å². The van der Waals surface area contributed by atoms with E-state index in [0.717, 1.165) is 0 Å². The summed E-state index contributed by atoms with van der Waals surface area (Å²) in [5, 5.41) is 13.6. The molecule has 2 atom stereocenters. The summed E-state index contributed by atoms with van der Waals surface area (Å²) in [6.45, 7) is 1.43. The molecule has 2 aliphatic heterocycles. The van der Waals surface area contributed by atoms with Gasteiger partial charge in [-0.05, 0) is 18.1 Å². The predicted molar refractivity (Wildman–Crippen MR) is 97.5 cm³/mol. The molecule has 2 aromatic carbocycles. The van der Waals surface area contributed by atoms with Crippen LogP contribution in [0.5, 0.6) is 0 Å². The Balaban J connectivity index is 1.92. The van der Waals surface area contributed by atoms with Crippen LogP contribution in [0.3, 0.4) is 0 Å². The fraction of sp³-hybridized carbons (Fsp3) is 0.333. The first kappa shape index (κ1) is 18.6. The number of amides is 1. The molecular formula is C21H21NO6. The molecule has 0 bridgehead atoms. The smallest absolute Gasteiger partial charge is 0.327 e. The van der Waals surface area contributed by atoms with Gasteiger partial charge in [-0.2, -0.15) is 4.89 Å². The summed E-state index contributed by atoms with van der Waals surface area (Å²) in [4.78, 5) is 37.1. The van der Waals surface area contributed by atoms with Gasteiger partial charge in [0, 0.05) is 6.42 Å². The Morgan fingerprint density at radius 1 is 1.07 bits per heavy atom. The van der Waals surface area contributed by atoms with E-state index < -0.39 is 28.7 Å². The topological polar surface area (TPSA) is 94.1 Å². The summed E-state index contributed by atoms with van der Waals surface area (Å²) in [7, 11) is 0. The highest BCUT2D eigenvalue weighted by Gasteiger charge is 2.74. The predicted octanol–water partition coefficient (Wildman–Crippen LogP) is 1.65. The van der Waals surface area contributed by atoms with Crippen LogP contribution in [0.1, 0.15) is 24.5 Å². The number of benzene rings is 2. The van der Waals surface area contributed by atoms with Gasteiger partial charge >= 0.3 is 5.97 Å². The van der Waals surface area contributed by atoms with E-state index in [0.29, 0.717) is 11.1 Å². The zero-order valence-electron chi connectivity index (χ0n) is 15.4. The Morgan fingerprint density at radius 2 is 1.64 bits per heavy atom. The summed E-state index contributed by atoms with van der Waals surface area (Å²) in [6, 6.07) is 18.3. The highest BCUT2D eigenvalue weighted by atomic mass is 17.2. The second kappa shape index (κ2) is 6.70. The standard InChI is InChI=1S/C21H21NO6/c1-2-26-18(24)19-13-20(15-9-5-3-6-10-15,16-11-7-4-8-12-16)27-28-21(19,25)14-22-17(19)23/h3-12,25H,2,13-14H2,1H3,(H,22,23)/t19-,21+/m1/s1. The fourth-order valence-electron chi connectivity index (χ4n) is 4.00. The lowest BCUT2D eigenvalue weighted by Crippen LogP contribution is -2.64. The van der Waals surface area contributed by atoms with Crippen LogP contribution in [0.25, 0.3) is 0 Å². The van der Waals surface area contributed by atoms with Crippen molar-refractivity contribution in [1.29, 1.82) is 0 Å². The van der Waals surface area contributed by atoms with Crippen LogP contribution < -0.4 is 5.32 Å². The molecule has 2 fully saturated rings. The number of aliphatic hydroxyl groups is 1. The van der Waals surface area contributed by atoms with Crippen molar-refractivity contribution in [2.45, 2.75) is 24.7 Å². The molecule has 0 unspecified atom stereocenters. The van der Waals surface area contributed by atoms with E-state index in [9.17, 15) is 14.7 Å². The van der Waals surface area contributed by atoms with Crippen LogP contribution in [-0.2, 0) is 29.7 Å². The molecule has 7 nitrogen and oxygen atoms in total. The van der Waals surface area contributed by atoms with Gasteiger partial charge in [-0.3, -0.25) is 9.59 Å². The third kappa shape index (κ3) is 2.47. The third-order valence-corrected chi connectivity index (χ3v) is 5.48. The van der Waals surface area contributed by atoms with Crippen LogP contribution in [0.2, 0.25) is 0 Å². The van der Waals surface area contributed by atoms with E-state index in [1.165, 1.54) is 0 Å².